The van der Waals surface area contributed by atoms with Gasteiger partial charge in [-0.05, 0) is 43.2 Å². The lowest BCUT2D eigenvalue weighted by atomic mass is 10.1. The molecular weight excluding hydrogens is 352 g/mol. The van der Waals surface area contributed by atoms with E-state index in [2.05, 4.69) is 15.3 Å². The zero-order valence-electron chi connectivity index (χ0n) is 16.2. The summed E-state index contributed by atoms with van der Waals surface area (Å²) in [7, 11) is 1.91. The van der Waals surface area contributed by atoms with Crippen LogP contribution in [0.15, 0.2) is 54.6 Å². The molecule has 1 aromatic heterocycles. The molecule has 4 rings (SSSR count). The van der Waals surface area contributed by atoms with E-state index in [0.29, 0.717) is 12.2 Å². The first-order chi connectivity index (χ1) is 13.6. The second kappa shape index (κ2) is 7.76. The maximum atomic E-state index is 12.7. The molecule has 2 heterocycles. The number of benzene rings is 2. The molecule has 6 nitrogen and oxygen atoms in total. The van der Waals surface area contributed by atoms with Crippen molar-refractivity contribution >= 4 is 17.4 Å². The zero-order valence-corrected chi connectivity index (χ0v) is 16.2. The van der Waals surface area contributed by atoms with Crippen LogP contribution in [0.1, 0.15) is 28.0 Å². The van der Waals surface area contributed by atoms with Gasteiger partial charge in [0.2, 0.25) is 0 Å². The van der Waals surface area contributed by atoms with Crippen molar-refractivity contribution in [1.82, 2.24) is 9.78 Å². The maximum Gasteiger partial charge on any atom is 0.255 e. The lowest BCUT2D eigenvalue weighted by Crippen LogP contribution is -2.39. The van der Waals surface area contributed by atoms with Gasteiger partial charge < -0.3 is 15.0 Å². The lowest BCUT2D eigenvalue weighted by molar-refractivity contribution is 0.102. The lowest BCUT2D eigenvalue weighted by Gasteiger charge is -2.33. The quantitative estimate of drug-likeness (QED) is 0.711. The fourth-order valence-corrected chi connectivity index (χ4v) is 3.30. The molecule has 1 aliphatic rings. The summed E-state index contributed by atoms with van der Waals surface area (Å²) in [5.41, 5.74) is 3.25. The van der Waals surface area contributed by atoms with Gasteiger partial charge >= 0.3 is 0 Å². The van der Waals surface area contributed by atoms with Crippen LogP contribution in [0.3, 0.4) is 0 Å². The number of ether oxygens (including phenoxy) is 1. The van der Waals surface area contributed by atoms with Crippen molar-refractivity contribution < 1.29 is 9.53 Å². The minimum atomic E-state index is -0.131. The van der Waals surface area contributed by atoms with Crippen LogP contribution in [0.5, 0.6) is 5.75 Å². The average Bonchev–Trinajstić information content (AvgIpc) is 2.94. The van der Waals surface area contributed by atoms with Gasteiger partial charge in [0, 0.05) is 25.7 Å². The molecule has 0 atom stereocenters. The summed E-state index contributed by atoms with van der Waals surface area (Å²) in [4.78, 5) is 15.0. The van der Waals surface area contributed by atoms with E-state index >= 15 is 0 Å². The van der Waals surface area contributed by atoms with Crippen LogP contribution in [0, 0.1) is 6.92 Å². The number of hydrogen-bond donors (Lipinski definition) is 1. The van der Waals surface area contributed by atoms with E-state index in [4.69, 9.17) is 4.74 Å². The van der Waals surface area contributed by atoms with Gasteiger partial charge in [0.1, 0.15) is 18.0 Å². The Hall–Kier alpha value is -3.28. The molecule has 0 bridgehead atoms. The van der Waals surface area contributed by atoms with Crippen molar-refractivity contribution in [3.63, 3.8) is 0 Å². The highest BCUT2D eigenvalue weighted by molar-refractivity contribution is 6.06. The molecule has 1 aliphatic heterocycles. The topological polar surface area (TPSA) is 59.4 Å². The molecule has 1 saturated heterocycles. The minimum Gasteiger partial charge on any atom is -0.489 e. The summed E-state index contributed by atoms with van der Waals surface area (Å²) in [6.45, 7) is 4.38. The Labute approximate surface area is 164 Å². The van der Waals surface area contributed by atoms with E-state index in [9.17, 15) is 4.79 Å². The molecule has 1 N–H and O–H groups in total. The number of rotatable bonds is 6. The molecular formula is C22H24N4O2. The number of aromatic nitrogens is 2. The van der Waals surface area contributed by atoms with Crippen LogP contribution >= 0.6 is 0 Å². The predicted molar refractivity (Wildman–Crippen MR) is 110 cm³/mol. The molecule has 0 radical (unpaired) electrons. The molecule has 0 aliphatic carbocycles. The molecule has 28 heavy (non-hydrogen) atoms. The number of carbonyl (C=O) groups is 1. The Morgan fingerprint density at radius 1 is 1.11 bits per heavy atom. The van der Waals surface area contributed by atoms with Crippen LogP contribution in [0.25, 0.3) is 0 Å². The Morgan fingerprint density at radius 3 is 2.46 bits per heavy atom. The molecule has 1 fully saturated rings. The van der Waals surface area contributed by atoms with Crippen molar-refractivity contribution in [2.75, 3.05) is 23.3 Å². The van der Waals surface area contributed by atoms with E-state index in [1.54, 1.807) is 0 Å². The van der Waals surface area contributed by atoms with E-state index in [0.717, 1.165) is 41.6 Å². The Balaban J connectivity index is 1.43. The van der Waals surface area contributed by atoms with Gasteiger partial charge in [0.15, 0.2) is 5.82 Å². The van der Waals surface area contributed by atoms with Gasteiger partial charge in [-0.25, -0.2) is 0 Å². The third-order valence-corrected chi connectivity index (χ3v) is 4.95. The van der Waals surface area contributed by atoms with Crippen molar-refractivity contribution in [3.05, 3.63) is 71.4 Å². The Morgan fingerprint density at radius 2 is 1.82 bits per heavy atom. The number of nitrogens with zero attached hydrogens (tertiary/aromatic N) is 3. The molecule has 0 saturated carbocycles. The highest BCUT2D eigenvalue weighted by atomic mass is 16.5. The largest absolute Gasteiger partial charge is 0.489 e. The first-order valence-corrected chi connectivity index (χ1v) is 9.48. The SMILES string of the molecule is Cc1nn(C)c(N2CCC2)c1NC(=O)c1ccc(COc2ccccc2)cc1. The monoisotopic (exact) mass is 376 g/mol. The third-order valence-electron chi connectivity index (χ3n) is 4.95. The predicted octanol–water partition coefficient (Wildman–Crippen LogP) is 3.77. The number of nitrogens with one attached hydrogen (secondary N) is 1. The van der Waals surface area contributed by atoms with Gasteiger partial charge in [0.05, 0.1) is 5.69 Å². The van der Waals surface area contributed by atoms with Crippen LogP contribution in [0.2, 0.25) is 0 Å². The van der Waals surface area contributed by atoms with Crippen LogP contribution in [-0.2, 0) is 13.7 Å². The van der Waals surface area contributed by atoms with Crippen LogP contribution in [-0.4, -0.2) is 28.8 Å². The van der Waals surface area contributed by atoms with Gasteiger partial charge in [-0.15, -0.1) is 0 Å². The second-order valence-corrected chi connectivity index (χ2v) is 7.00. The summed E-state index contributed by atoms with van der Waals surface area (Å²) < 4.78 is 7.59. The fraction of sp³-hybridized carbons (Fsp3) is 0.273. The molecule has 144 valence electrons. The van der Waals surface area contributed by atoms with Crippen LogP contribution in [0.4, 0.5) is 11.5 Å². The van der Waals surface area contributed by atoms with Gasteiger partial charge in [-0.3, -0.25) is 9.48 Å². The first kappa shape index (κ1) is 18.1. The number of carbonyl (C=O) groups excluding carboxylic acids is 1. The summed E-state index contributed by atoms with van der Waals surface area (Å²) in [5.74, 6) is 1.67. The van der Waals surface area contributed by atoms with Crippen LogP contribution < -0.4 is 15.0 Å². The number of amides is 1. The Bertz CT molecular complexity index is 960. The third kappa shape index (κ3) is 3.71. The number of anilines is 2. The number of para-hydroxylation sites is 1. The normalized spacial score (nSPS) is 13.1. The number of hydrogen-bond acceptors (Lipinski definition) is 4. The van der Waals surface area contributed by atoms with E-state index < -0.39 is 0 Å². The molecule has 0 unspecified atom stereocenters. The maximum absolute atomic E-state index is 12.7. The average molecular weight is 376 g/mol. The molecule has 3 aromatic rings. The van der Waals surface area contributed by atoms with Gasteiger partial charge in [-0.1, -0.05) is 30.3 Å². The van der Waals surface area contributed by atoms with E-state index in [1.165, 1.54) is 6.42 Å². The Kier molecular flexibility index (Phi) is 5.02. The van der Waals surface area contributed by atoms with Crippen molar-refractivity contribution in [3.8, 4) is 5.75 Å². The zero-order chi connectivity index (χ0) is 19.5. The second-order valence-electron chi connectivity index (χ2n) is 7.00. The van der Waals surface area contributed by atoms with E-state index in [-0.39, 0.29) is 5.91 Å². The fourth-order valence-electron chi connectivity index (χ4n) is 3.30. The summed E-state index contributed by atoms with van der Waals surface area (Å²) in [6, 6.07) is 17.2. The molecule has 6 heteroatoms. The summed E-state index contributed by atoms with van der Waals surface area (Å²) in [5, 5.41) is 7.52. The first-order valence-electron chi connectivity index (χ1n) is 9.48. The molecule has 2 aromatic carbocycles. The molecule has 0 spiro atoms. The smallest absolute Gasteiger partial charge is 0.255 e. The van der Waals surface area contributed by atoms with Crippen molar-refractivity contribution in [2.24, 2.45) is 7.05 Å². The summed E-state index contributed by atoms with van der Waals surface area (Å²) >= 11 is 0. The summed E-state index contributed by atoms with van der Waals surface area (Å²) in [6.07, 6.45) is 1.17. The van der Waals surface area contributed by atoms with E-state index in [1.807, 2.05) is 73.3 Å². The highest BCUT2D eigenvalue weighted by Gasteiger charge is 2.25. The highest BCUT2D eigenvalue weighted by Crippen LogP contribution is 2.32. The molecule has 1 amide bonds. The van der Waals surface area contributed by atoms with Crippen molar-refractivity contribution in [2.45, 2.75) is 20.0 Å². The minimum absolute atomic E-state index is 0.131. The standard InChI is InChI=1S/C22H24N4O2/c1-16-20(22(25(2)24-16)26-13-6-14-26)23-21(27)18-11-9-17(10-12-18)15-28-19-7-4-3-5-8-19/h3-5,7-12H,6,13-15H2,1-2H3,(H,23,27). The van der Waals surface area contributed by atoms with Gasteiger partial charge in [0.25, 0.3) is 5.91 Å². The van der Waals surface area contributed by atoms with Crippen molar-refractivity contribution in [1.29, 1.82) is 0 Å². The van der Waals surface area contributed by atoms with Gasteiger partial charge in [-0.2, -0.15) is 5.10 Å². The number of aryl methyl sites for hydroxylation is 2.